The number of thiazole rings is 1. The summed E-state index contributed by atoms with van der Waals surface area (Å²) in [6.45, 7) is 1.53. The van der Waals surface area contributed by atoms with Crippen LogP contribution in [0.3, 0.4) is 0 Å². The zero-order valence-corrected chi connectivity index (χ0v) is 22.0. The van der Waals surface area contributed by atoms with Gasteiger partial charge in [0, 0.05) is 29.4 Å². The van der Waals surface area contributed by atoms with Crippen molar-refractivity contribution in [2.45, 2.75) is 4.90 Å². The maximum atomic E-state index is 13.0. The van der Waals surface area contributed by atoms with E-state index < -0.39 is 10.0 Å². The minimum absolute atomic E-state index is 0.242. The first-order valence-electron chi connectivity index (χ1n) is 11.6. The Morgan fingerprint density at radius 1 is 0.973 bits per heavy atom. The minimum atomic E-state index is -3.56. The molecule has 6 rings (SSSR count). The molecule has 4 heterocycles. The van der Waals surface area contributed by atoms with Crippen molar-refractivity contribution in [3.05, 3.63) is 87.2 Å². The Labute approximate surface area is 221 Å². The molecule has 37 heavy (non-hydrogen) atoms. The topological polar surface area (TPSA) is 89.4 Å². The molecule has 1 aliphatic rings. The molecule has 1 saturated heterocycles. The second-order valence-electron chi connectivity index (χ2n) is 8.29. The molecule has 0 spiro atoms. The Hall–Kier alpha value is -3.35. The first kappa shape index (κ1) is 24.0. The third-order valence-corrected chi connectivity index (χ3v) is 9.33. The van der Waals surface area contributed by atoms with Gasteiger partial charge in [0.25, 0.3) is 0 Å². The molecule has 0 bridgehead atoms. The maximum absolute atomic E-state index is 13.0. The predicted octanol–water partition coefficient (Wildman–Crippen LogP) is 5.16. The van der Waals surface area contributed by atoms with E-state index in [9.17, 15) is 8.42 Å². The lowest BCUT2D eigenvalue weighted by atomic mass is 10.2. The number of rotatable bonds is 6. The van der Waals surface area contributed by atoms with Crippen LogP contribution in [0.4, 0.5) is 5.69 Å². The van der Waals surface area contributed by atoms with Gasteiger partial charge >= 0.3 is 0 Å². The lowest BCUT2D eigenvalue weighted by molar-refractivity contribution is 0.0730. The molecule has 0 aliphatic carbocycles. The lowest BCUT2D eigenvalue weighted by Gasteiger charge is -2.26. The van der Waals surface area contributed by atoms with E-state index in [4.69, 9.17) is 19.2 Å². The van der Waals surface area contributed by atoms with Gasteiger partial charge in [-0.05, 0) is 53.2 Å². The Morgan fingerprint density at radius 3 is 2.54 bits per heavy atom. The second kappa shape index (κ2) is 10.2. The summed E-state index contributed by atoms with van der Waals surface area (Å²) in [4.78, 5) is 5.65. The van der Waals surface area contributed by atoms with Crippen LogP contribution < -0.4 is 4.80 Å². The fourth-order valence-electron chi connectivity index (χ4n) is 3.98. The summed E-state index contributed by atoms with van der Waals surface area (Å²) < 4.78 is 40.5. The molecule has 5 aromatic rings. The predicted molar refractivity (Wildman–Crippen MR) is 146 cm³/mol. The number of furan rings is 1. The van der Waals surface area contributed by atoms with E-state index in [2.05, 4.69) is 0 Å². The molecule has 1 aliphatic heterocycles. The molecule has 0 unspecified atom stereocenters. The van der Waals surface area contributed by atoms with Crippen molar-refractivity contribution in [3.63, 3.8) is 0 Å². The summed E-state index contributed by atoms with van der Waals surface area (Å²) in [6.07, 6.45) is 1.78. The fourth-order valence-corrected chi connectivity index (χ4v) is 6.83. The van der Waals surface area contributed by atoms with Gasteiger partial charge in [0.2, 0.25) is 14.8 Å². The van der Waals surface area contributed by atoms with Crippen LogP contribution in [0.25, 0.3) is 22.4 Å². The monoisotopic (exact) mass is 550 g/mol. The number of thiophene rings is 1. The van der Waals surface area contributed by atoms with Crippen LogP contribution in [0.1, 0.15) is 5.56 Å². The lowest BCUT2D eigenvalue weighted by Crippen LogP contribution is -2.40. The van der Waals surface area contributed by atoms with E-state index in [1.165, 1.54) is 15.6 Å². The van der Waals surface area contributed by atoms with Crippen molar-refractivity contribution in [1.82, 2.24) is 8.98 Å². The van der Waals surface area contributed by atoms with Gasteiger partial charge in [-0.15, -0.1) is 11.3 Å². The van der Waals surface area contributed by atoms with Crippen molar-refractivity contribution in [2.24, 2.45) is 10.1 Å². The van der Waals surface area contributed by atoms with Gasteiger partial charge in [0.1, 0.15) is 11.3 Å². The van der Waals surface area contributed by atoms with Gasteiger partial charge < -0.3 is 9.15 Å². The van der Waals surface area contributed by atoms with Crippen LogP contribution in [0.5, 0.6) is 0 Å². The van der Waals surface area contributed by atoms with Gasteiger partial charge in [-0.1, -0.05) is 18.2 Å². The number of morpholine rings is 1. The average molecular weight is 551 g/mol. The van der Waals surface area contributed by atoms with Crippen molar-refractivity contribution in [1.29, 1.82) is 0 Å². The maximum Gasteiger partial charge on any atom is 0.243 e. The van der Waals surface area contributed by atoms with E-state index in [0.29, 0.717) is 42.6 Å². The van der Waals surface area contributed by atoms with E-state index in [-0.39, 0.29) is 4.90 Å². The van der Waals surface area contributed by atoms with Crippen LogP contribution in [0, 0.1) is 0 Å². The van der Waals surface area contributed by atoms with Crippen molar-refractivity contribution in [3.8, 4) is 11.5 Å². The molecule has 3 aromatic heterocycles. The molecule has 2 aromatic carbocycles. The number of para-hydroxylation sites is 1. The Balaban J connectivity index is 1.38. The summed E-state index contributed by atoms with van der Waals surface area (Å²) in [7, 11) is -3.56. The molecule has 0 atom stereocenters. The summed E-state index contributed by atoms with van der Waals surface area (Å²) in [5, 5.41) is 11.7. The third kappa shape index (κ3) is 4.96. The Kier molecular flexibility index (Phi) is 6.61. The van der Waals surface area contributed by atoms with Gasteiger partial charge in [-0.2, -0.15) is 20.7 Å². The molecule has 188 valence electrons. The van der Waals surface area contributed by atoms with Crippen LogP contribution in [0.2, 0.25) is 0 Å². The largest absolute Gasteiger partial charge is 0.454 e. The standard InChI is InChI=1S/C26H22N4O4S3/c31-37(32,29-10-12-33-13-11-29)22-7-5-21(6-8-22)28-26-30(27-16-19-9-14-35-17-19)23(18-36-26)25-15-20-3-1-2-4-24(20)34-25/h1-9,14-18H,10-13H2. The summed E-state index contributed by atoms with van der Waals surface area (Å²) in [5.74, 6) is 0.688. The number of aromatic nitrogens is 1. The zero-order valence-electron chi connectivity index (χ0n) is 19.6. The van der Waals surface area contributed by atoms with Crippen LogP contribution in [0.15, 0.2) is 96.2 Å². The van der Waals surface area contributed by atoms with E-state index in [1.807, 2.05) is 52.5 Å². The quantitative estimate of drug-likeness (QED) is 0.273. The zero-order chi connectivity index (χ0) is 25.2. The number of hydrogen-bond donors (Lipinski definition) is 0. The van der Waals surface area contributed by atoms with E-state index >= 15 is 0 Å². The van der Waals surface area contributed by atoms with Crippen LogP contribution in [-0.4, -0.2) is 49.9 Å². The van der Waals surface area contributed by atoms with Crippen LogP contribution in [-0.2, 0) is 14.8 Å². The molecular formula is C26H22N4O4S3. The van der Waals surface area contributed by atoms with Crippen LogP contribution >= 0.6 is 22.7 Å². The molecule has 1 fully saturated rings. The number of nitrogens with zero attached hydrogens (tertiary/aromatic N) is 4. The number of hydrogen-bond acceptors (Lipinski definition) is 8. The van der Waals surface area contributed by atoms with E-state index in [0.717, 1.165) is 22.2 Å². The highest BCUT2D eigenvalue weighted by Gasteiger charge is 2.26. The third-order valence-electron chi connectivity index (χ3n) is 5.90. The van der Waals surface area contributed by atoms with Gasteiger partial charge in [-0.3, -0.25) is 0 Å². The van der Waals surface area contributed by atoms with Crippen molar-refractivity contribution in [2.75, 3.05) is 26.3 Å². The van der Waals surface area contributed by atoms with Gasteiger partial charge in [-0.25, -0.2) is 18.1 Å². The first-order valence-corrected chi connectivity index (χ1v) is 14.8. The SMILES string of the molecule is O=S(=O)(c1ccc(N=c2scc(-c3cc4ccccc4o3)n2N=Cc2ccsc2)cc1)N1CCOCC1. The number of benzene rings is 2. The first-order chi connectivity index (χ1) is 18.1. The van der Waals surface area contributed by atoms with Gasteiger partial charge in [0.05, 0.1) is 30.0 Å². The molecule has 0 radical (unpaired) electrons. The molecule has 0 saturated carbocycles. The van der Waals surface area contributed by atoms with Crippen molar-refractivity contribution < 1.29 is 17.6 Å². The average Bonchev–Trinajstić information content (AvgIpc) is 3.68. The molecule has 0 N–H and O–H groups in total. The fraction of sp³-hybridized carbons (Fsp3) is 0.154. The summed E-state index contributed by atoms with van der Waals surface area (Å²) in [6, 6.07) is 18.4. The van der Waals surface area contributed by atoms with E-state index in [1.54, 1.807) is 46.5 Å². The molecule has 8 nitrogen and oxygen atoms in total. The normalized spacial score (nSPS) is 15.7. The van der Waals surface area contributed by atoms with Crippen molar-refractivity contribution >= 4 is 55.6 Å². The number of fused-ring (bicyclic) bond motifs is 1. The second-order valence-corrected chi connectivity index (χ2v) is 11.8. The summed E-state index contributed by atoms with van der Waals surface area (Å²) in [5.41, 5.74) is 3.19. The highest BCUT2D eigenvalue weighted by atomic mass is 32.2. The minimum Gasteiger partial charge on any atom is -0.454 e. The van der Waals surface area contributed by atoms with Gasteiger partial charge in [0.15, 0.2) is 5.76 Å². The Morgan fingerprint density at radius 2 is 1.78 bits per heavy atom. The Bertz CT molecular complexity index is 1690. The summed E-state index contributed by atoms with van der Waals surface area (Å²) >= 11 is 3.03. The molecule has 11 heteroatoms. The molecular weight excluding hydrogens is 529 g/mol. The highest BCUT2D eigenvalue weighted by Crippen LogP contribution is 2.28. The molecule has 0 amide bonds. The highest BCUT2D eigenvalue weighted by molar-refractivity contribution is 7.89. The number of sulfonamides is 1. The smallest absolute Gasteiger partial charge is 0.243 e. The number of ether oxygens (including phenoxy) is 1.